The Bertz CT molecular complexity index is 1350. The lowest BCUT2D eigenvalue weighted by Crippen LogP contribution is -2.27. The molecule has 0 radical (unpaired) electrons. The van der Waals surface area contributed by atoms with Crippen LogP contribution >= 0.6 is 0 Å². The van der Waals surface area contributed by atoms with E-state index in [1.54, 1.807) is 49.7 Å². The summed E-state index contributed by atoms with van der Waals surface area (Å²) in [6, 6.07) is 13.7. The number of non-ortho nitro benzene ring substituents is 1. The number of nitrogens with zero attached hydrogens (tertiary/aromatic N) is 4. The Morgan fingerprint density at radius 1 is 1.03 bits per heavy atom. The third kappa shape index (κ3) is 5.84. The monoisotopic (exact) mass is 474 g/mol. The number of carbonyl (C=O) groups is 1. The molecule has 35 heavy (non-hydrogen) atoms. The van der Waals surface area contributed by atoms with Gasteiger partial charge in [0.1, 0.15) is 29.7 Å². The average molecular weight is 474 g/mol. The van der Waals surface area contributed by atoms with Crippen molar-refractivity contribution in [3.05, 3.63) is 88.5 Å². The number of ether oxygens (including phenoxy) is 2. The van der Waals surface area contributed by atoms with Gasteiger partial charge < -0.3 is 20.1 Å². The fourth-order valence-corrected chi connectivity index (χ4v) is 3.33. The molecule has 0 saturated carbocycles. The second kappa shape index (κ2) is 11.0. The lowest BCUT2D eigenvalue weighted by molar-refractivity contribution is -0.383. The largest absolute Gasteiger partial charge is 0.488 e. The molecule has 0 aliphatic rings. The molecule has 1 amide bonds. The predicted octanol–water partition coefficient (Wildman–Crippen LogP) is 3.63. The van der Waals surface area contributed by atoms with Crippen molar-refractivity contribution in [3.63, 3.8) is 0 Å². The number of nitro benzene ring substituents is 1. The molecular weight excluding hydrogens is 452 g/mol. The van der Waals surface area contributed by atoms with Crippen molar-refractivity contribution in [2.24, 2.45) is 0 Å². The van der Waals surface area contributed by atoms with Gasteiger partial charge in [0, 0.05) is 31.3 Å². The Labute approximate surface area is 200 Å². The van der Waals surface area contributed by atoms with E-state index in [1.165, 1.54) is 18.5 Å². The maximum Gasteiger partial charge on any atom is 0.277 e. The maximum atomic E-state index is 12.0. The SMILES string of the molecule is COCCNC(=O)c1cnc(Nc2cc(COc3ccc([N+](=O)[O-])c4ccccc34)ccn2)cn1. The van der Waals surface area contributed by atoms with Crippen LogP contribution in [0.3, 0.4) is 0 Å². The zero-order chi connectivity index (χ0) is 24.6. The third-order valence-electron chi connectivity index (χ3n) is 5.01. The molecular formula is C24H22N6O5. The van der Waals surface area contributed by atoms with Crippen molar-refractivity contribution in [1.29, 1.82) is 0 Å². The van der Waals surface area contributed by atoms with Gasteiger partial charge in [-0.25, -0.2) is 15.0 Å². The molecule has 11 nitrogen and oxygen atoms in total. The first kappa shape index (κ1) is 23.5. The van der Waals surface area contributed by atoms with Gasteiger partial charge >= 0.3 is 0 Å². The molecule has 2 N–H and O–H groups in total. The first-order chi connectivity index (χ1) is 17.0. The number of methoxy groups -OCH3 is 1. The number of benzene rings is 2. The van der Waals surface area contributed by atoms with Crippen LogP contribution in [0.15, 0.2) is 67.1 Å². The highest BCUT2D eigenvalue weighted by molar-refractivity contribution is 5.95. The molecule has 4 aromatic rings. The number of aromatic nitrogens is 3. The van der Waals surface area contributed by atoms with Crippen molar-refractivity contribution in [1.82, 2.24) is 20.3 Å². The molecule has 178 valence electrons. The highest BCUT2D eigenvalue weighted by Gasteiger charge is 2.15. The van der Waals surface area contributed by atoms with Gasteiger partial charge in [0.25, 0.3) is 11.6 Å². The predicted molar refractivity (Wildman–Crippen MR) is 129 cm³/mol. The van der Waals surface area contributed by atoms with Crippen LogP contribution in [0.4, 0.5) is 17.3 Å². The van der Waals surface area contributed by atoms with E-state index in [1.807, 2.05) is 6.07 Å². The van der Waals surface area contributed by atoms with E-state index >= 15 is 0 Å². The Morgan fingerprint density at radius 3 is 2.60 bits per heavy atom. The summed E-state index contributed by atoms with van der Waals surface area (Å²) in [7, 11) is 1.55. The number of carbonyl (C=O) groups excluding carboxylic acids is 1. The minimum Gasteiger partial charge on any atom is -0.488 e. The normalized spacial score (nSPS) is 10.7. The Balaban J connectivity index is 1.42. The Morgan fingerprint density at radius 2 is 1.86 bits per heavy atom. The van der Waals surface area contributed by atoms with Crippen molar-refractivity contribution >= 4 is 34.0 Å². The first-order valence-corrected chi connectivity index (χ1v) is 10.6. The second-order valence-corrected chi connectivity index (χ2v) is 7.38. The number of anilines is 2. The van der Waals surface area contributed by atoms with E-state index in [-0.39, 0.29) is 23.9 Å². The number of fused-ring (bicyclic) bond motifs is 1. The number of hydrogen-bond donors (Lipinski definition) is 2. The number of nitro groups is 1. The molecule has 11 heteroatoms. The Hall–Kier alpha value is -4.64. The van der Waals surface area contributed by atoms with Crippen molar-refractivity contribution in [2.75, 3.05) is 25.6 Å². The number of rotatable bonds is 10. The van der Waals surface area contributed by atoms with Gasteiger partial charge in [-0.05, 0) is 29.8 Å². The van der Waals surface area contributed by atoms with E-state index in [4.69, 9.17) is 9.47 Å². The molecule has 2 aromatic carbocycles. The van der Waals surface area contributed by atoms with Gasteiger partial charge in [0.15, 0.2) is 0 Å². The minimum atomic E-state index is -0.407. The minimum absolute atomic E-state index is 0.0305. The number of pyridine rings is 1. The summed E-state index contributed by atoms with van der Waals surface area (Å²) in [6.07, 6.45) is 4.44. The summed E-state index contributed by atoms with van der Waals surface area (Å²) in [4.78, 5) is 35.5. The molecule has 0 spiro atoms. The van der Waals surface area contributed by atoms with Crippen LogP contribution in [0.25, 0.3) is 10.8 Å². The fourth-order valence-electron chi connectivity index (χ4n) is 3.33. The topological polar surface area (TPSA) is 141 Å². The van der Waals surface area contributed by atoms with Gasteiger partial charge in [-0.2, -0.15) is 0 Å². The lowest BCUT2D eigenvalue weighted by Gasteiger charge is -2.11. The summed E-state index contributed by atoms with van der Waals surface area (Å²) in [5, 5.41) is 18.2. The number of amides is 1. The standard InChI is InChI=1S/C24H22N6O5/c1-34-11-10-26-24(31)19-13-28-23(14-27-19)29-22-12-16(8-9-25-22)15-35-21-7-6-20(30(32)33)17-4-2-3-5-18(17)21/h2-9,12-14H,10-11,15H2,1H3,(H,26,31)(H,25,28,29). The van der Waals surface area contributed by atoms with E-state index in [9.17, 15) is 14.9 Å². The van der Waals surface area contributed by atoms with Crippen molar-refractivity contribution in [2.45, 2.75) is 6.61 Å². The number of hydrogen-bond acceptors (Lipinski definition) is 9. The molecule has 0 aliphatic heterocycles. The summed E-state index contributed by atoms with van der Waals surface area (Å²) >= 11 is 0. The molecule has 2 heterocycles. The fraction of sp³-hybridized carbons (Fsp3) is 0.167. The van der Waals surface area contributed by atoms with E-state index in [0.717, 1.165) is 5.56 Å². The quantitative estimate of drug-likeness (QED) is 0.200. The lowest BCUT2D eigenvalue weighted by atomic mass is 10.1. The molecule has 0 unspecified atom stereocenters. The number of nitrogens with one attached hydrogen (secondary N) is 2. The van der Waals surface area contributed by atoms with Crippen LogP contribution in [0.2, 0.25) is 0 Å². The van der Waals surface area contributed by atoms with Crippen LogP contribution < -0.4 is 15.4 Å². The van der Waals surface area contributed by atoms with E-state index in [0.29, 0.717) is 41.3 Å². The summed E-state index contributed by atoms with van der Waals surface area (Å²) in [6.45, 7) is 1.02. The maximum absolute atomic E-state index is 12.0. The van der Waals surface area contributed by atoms with Gasteiger partial charge in [0.2, 0.25) is 0 Å². The third-order valence-corrected chi connectivity index (χ3v) is 5.01. The van der Waals surface area contributed by atoms with Crippen molar-refractivity contribution < 1.29 is 19.2 Å². The van der Waals surface area contributed by atoms with E-state index in [2.05, 4.69) is 25.6 Å². The summed E-state index contributed by atoms with van der Waals surface area (Å²) < 4.78 is 10.9. The van der Waals surface area contributed by atoms with Gasteiger partial charge in [-0.3, -0.25) is 14.9 Å². The second-order valence-electron chi connectivity index (χ2n) is 7.38. The smallest absolute Gasteiger partial charge is 0.277 e. The molecule has 0 bridgehead atoms. The van der Waals surface area contributed by atoms with Crippen LogP contribution in [-0.4, -0.2) is 46.0 Å². The zero-order valence-corrected chi connectivity index (χ0v) is 18.8. The molecule has 2 aromatic heterocycles. The molecule has 0 aliphatic carbocycles. The van der Waals surface area contributed by atoms with Gasteiger partial charge in [-0.1, -0.05) is 18.2 Å². The van der Waals surface area contributed by atoms with Crippen LogP contribution in [0.1, 0.15) is 16.1 Å². The average Bonchev–Trinajstić information content (AvgIpc) is 2.88. The molecule has 4 rings (SSSR count). The first-order valence-electron chi connectivity index (χ1n) is 10.6. The summed E-state index contributed by atoms with van der Waals surface area (Å²) in [5.74, 6) is 1.15. The van der Waals surface area contributed by atoms with E-state index < -0.39 is 4.92 Å². The van der Waals surface area contributed by atoms with Crippen molar-refractivity contribution in [3.8, 4) is 5.75 Å². The highest BCUT2D eigenvalue weighted by Crippen LogP contribution is 2.33. The zero-order valence-electron chi connectivity index (χ0n) is 18.8. The molecule has 0 fully saturated rings. The van der Waals surface area contributed by atoms with Gasteiger partial charge in [-0.15, -0.1) is 0 Å². The highest BCUT2D eigenvalue weighted by atomic mass is 16.6. The van der Waals surface area contributed by atoms with Crippen LogP contribution in [-0.2, 0) is 11.3 Å². The van der Waals surface area contributed by atoms with Crippen LogP contribution in [0, 0.1) is 10.1 Å². The van der Waals surface area contributed by atoms with Gasteiger partial charge in [0.05, 0.1) is 29.3 Å². The Kier molecular flexibility index (Phi) is 7.38. The molecule has 0 saturated heterocycles. The molecule has 0 atom stereocenters. The van der Waals surface area contributed by atoms with Crippen LogP contribution in [0.5, 0.6) is 5.75 Å². The summed E-state index contributed by atoms with van der Waals surface area (Å²) in [5.41, 5.74) is 1.05.